The van der Waals surface area contributed by atoms with Crippen molar-refractivity contribution in [1.82, 2.24) is 19.6 Å². The third-order valence-electron chi connectivity index (χ3n) is 5.52. The quantitative estimate of drug-likeness (QED) is 0.558. The van der Waals surface area contributed by atoms with Crippen LogP contribution in [0.1, 0.15) is 28.9 Å². The van der Waals surface area contributed by atoms with Crippen LogP contribution >= 0.6 is 0 Å². The molecule has 0 saturated heterocycles. The van der Waals surface area contributed by atoms with Crippen LogP contribution in [0.5, 0.6) is 5.75 Å². The predicted molar refractivity (Wildman–Crippen MR) is 113 cm³/mol. The molecule has 29 heavy (non-hydrogen) atoms. The van der Waals surface area contributed by atoms with Crippen LogP contribution in [0.3, 0.4) is 0 Å². The summed E-state index contributed by atoms with van der Waals surface area (Å²) in [5.74, 6) is 1.89. The molecule has 6 nitrogen and oxygen atoms in total. The summed E-state index contributed by atoms with van der Waals surface area (Å²) in [6.07, 6.45) is 6.87. The monoisotopic (exact) mass is 385 g/mol. The molecule has 0 radical (unpaired) electrons. The number of nitrogens with one attached hydrogen (secondary N) is 1. The highest BCUT2D eigenvalue weighted by molar-refractivity contribution is 5.81. The molecule has 1 aromatic carbocycles. The molecule has 1 aliphatic carbocycles. The average Bonchev–Trinajstić information content (AvgIpc) is 3.35. The third kappa shape index (κ3) is 3.10. The molecule has 0 spiro atoms. The fraction of sp³-hybridized carbons (Fsp3) is 0.261. The van der Waals surface area contributed by atoms with Gasteiger partial charge in [0.05, 0.1) is 12.8 Å². The summed E-state index contributed by atoms with van der Waals surface area (Å²) in [7, 11) is 1.68. The minimum atomic E-state index is 0.705. The summed E-state index contributed by atoms with van der Waals surface area (Å²) >= 11 is 0. The number of methoxy groups -OCH3 is 1. The molecule has 5 rings (SSSR count). The standard InChI is InChI=1S/C23H23N5O/c1-15-21(17-8-10-18(29-2)11-9-17)23-26-20-7-3-6-19(20)22(28(23)27-15)25-14-16-5-4-12-24-13-16/h4-5,8-13,25H,3,6-7,14H2,1-2H3. The lowest BCUT2D eigenvalue weighted by Gasteiger charge is -2.13. The molecular weight excluding hydrogens is 362 g/mol. The van der Waals surface area contributed by atoms with Gasteiger partial charge in [0.25, 0.3) is 0 Å². The molecule has 146 valence electrons. The lowest BCUT2D eigenvalue weighted by molar-refractivity contribution is 0.415. The number of hydrogen-bond donors (Lipinski definition) is 1. The molecule has 3 aromatic heterocycles. The number of aromatic nitrogens is 4. The van der Waals surface area contributed by atoms with E-state index in [0.29, 0.717) is 6.54 Å². The molecule has 1 N–H and O–H groups in total. The Bertz CT molecular complexity index is 1170. The van der Waals surface area contributed by atoms with E-state index >= 15 is 0 Å². The highest BCUT2D eigenvalue weighted by Crippen LogP contribution is 2.35. The highest BCUT2D eigenvalue weighted by Gasteiger charge is 2.24. The summed E-state index contributed by atoms with van der Waals surface area (Å²) in [5.41, 5.74) is 7.65. The van der Waals surface area contributed by atoms with E-state index in [0.717, 1.165) is 58.9 Å². The Morgan fingerprint density at radius 3 is 2.76 bits per heavy atom. The van der Waals surface area contributed by atoms with Gasteiger partial charge in [0.15, 0.2) is 5.65 Å². The number of rotatable bonds is 5. The Morgan fingerprint density at radius 2 is 2.00 bits per heavy atom. The van der Waals surface area contributed by atoms with Gasteiger partial charge < -0.3 is 10.1 Å². The molecule has 0 unspecified atom stereocenters. The van der Waals surface area contributed by atoms with Gasteiger partial charge in [-0.15, -0.1) is 0 Å². The van der Waals surface area contributed by atoms with Gasteiger partial charge in [-0.3, -0.25) is 4.98 Å². The first-order valence-corrected chi connectivity index (χ1v) is 9.93. The molecule has 1 aliphatic rings. The molecule has 0 atom stereocenters. The first-order valence-electron chi connectivity index (χ1n) is 9.93. The molecule has 0 amide bonds. The lowest BCUT2D eigenvalue weighted by atomic mass is 10.1. The van der Waals surface area contributed by atoms with E-state index in [1.165, 1.54) is 11.3 Å². The van der Waals surface area contributed by atoms with Crippen LogP contribution in [-0.2, 0) is 19.4 Å². The minimum absolute atomic E-state index is 0.705. The first kappa shape index (κ1) is 17.7. The molecular formula is C23H23N5O. The van der Waals surface area contributed by atoms with Crippen molar-refractivity contribution in [1.29, 1.82) is 0 Å². The third-order valence-corrected chi connectivity index (χ3v) is 5.52. The van der Waals surface area contributed by atoms with E-state index in [9.17, 15) is 0 Å². The summed E-state index contributed by atoms with van der Waals surface area (Å²) in [4.78, 5) is 9.25. The van der Waals surface area contributed by atoms with Crippen LogP contribution < -0.4 is 10.1 Å². The van der Waals surface area contributed by atoms with E-state index in [1.54, 1.807) is 13.3 Å². The Balaban J connectivity index is 1.63. The molecule has 0 saturated carbocycles. The van der Waals surface area contributed by atoms with Crippen LogP contribution in [-0.4, -0.2) is 26.7 Å². The molecule has 0 fully saturated rings. The van der Waals surface area contributed by atoms with E-state index in [1.807, 2.05) is 35.8 Å². The zero-order valence-electron chi connectivity index (χ0n) is 16.6. The van der Waals surface area contributed by atoms with Crippen molar-refractivity contribution in [3.05, 3.63) is 71.3 Å². The van der Waals surface area contributed by atoms with Gasteiger partial charge in [-0.2, -0.15) is 9.61 Å². The average molecular weight is 385 g/mol. The number of benzene rings is 1. The van der Waals surface area contributed by atoms with Crippen molar-refractivity contribution < 1.29 is 4.74 Å². The number of aryl methyl sites for hydroxylation is 2. The van der Waals surface area contributed by atoms with Crippen molar-refractivity contribution in [2.45, 2.75) is 32.7 Å². The second-order valence-electron chi connectivity index (χ2n) is 7.38. The van der Waals surface area contributed by atoms with Gasteiger partial charge in [0.1, 0.15) is 11.6 Å². The number of fused-ring (bicyclic) bond motifs is 2. The molecule has 4 aromatic rings. The molecule has 3 heterocycles. The Morgan fingerprint density at radius 1 is 1.14 bits per heavy atom. The number of ether oxygens (including phenoxy) is 1. The van der Waals surface area contributed by atoms with Crippen molar-refractivity contribution in [2.75, 3.05) is 12.4 Å². The largest absolute Gasteiger partial charge is 0.497 e. The lowest BCUT2D eigenvalue weighted by Crippen LogP contribution is -2.10. The van der Waals surface area contributed by atoms with Gasteiger partial charge in [-0.25, -0.2) is 4.98 Å². The van der Waals surface area contributed by atoms with E-state index in [-0.39, 0.29) is 0 Å². The van der Waals surface area contributed by atoms with Gasteiger partial charge in [-0.1, -0.05) is 18.2 Å². The zero-order chi connectivity index (χ0) is 19.8. The fourth-order valence-corrected chi connectivity index (χ4v) is 4.10. The van der Waals surface area contributed by atoms with Gasteiger partial charge >= 0.3 is 0 Å². The smallest absolute Gasteiger partial charge is 0.165 e. The number of nitrogens with zero attached hydrogens (tertiary/aromatic N) is 4. The second-order valence-corrected chi connectivity index (χ2v) is 7.38. The van der Waals surface area contributed by atoms with Crippen LogP contribution in [0.25, 0.3) is 16.8 Å². The van der Waals surface area contributed by atoms with Crippen LogP contribution in [0, 0.1) is 6.92 Å². The van der Waals surface area contributed by atoms with Gasteiger partial charge in [0.2, 0.25) is 0 Å². The number of pyridine rings is 1. The van der Waals surface area contributed by atoms with Gasteiger partial charge in [0, 0.05) is 35.8 Å². The fourth-order valence-electron chi connectivity index (χ4n) is 4.10. The zero-order valence-corrected chi connectivity index (χ0v) is 16.6. The number of hydrogen-bond acceptors (Lipinski definition) is 5. The summed E-state index contributed by atoms with van der Waals surface area (Å²) in [6.45, 7) is 2.75. The van der Waals surface area contributed by atoms with E-state index in [4.69, 9.17) is 14.8 Å². The molecule has 0 bridgehead atoms. The Kier molecular flexibility index (Phi) is 4.39. The first-order chi connectivity index (χ1) is 14.2. The highest BCUT2D eigenvalue weighted by atomic mass is 16.5. The van der Waals surface area contributed by atoms with Crippen LogP contribution in [0.2, 0.25) is 0 Å². The maximum Gasteiger partial charge on any atom is 0.165 e. The normalized spacial score (nSPS) is 12.9. The van der Waals surface area contributed by atoms with Crippen LogP contribution in [0.4, 0.5) is 5.82 Å². The van der Waals surface area contributed by atoms with Crippen molar-refractivity contribution in [3.8, 4) is 16.9 Å². The Hall–Kier alpha value is -3.41. The maximum atomic E-state index is 5.31. The molecule has 0 aliphatic heterocycles. The van der Waals surface area contributed by atoms with E-state index < -0.39 is 0 Å². The molecule has 6 heteroatoms. The predicted octanol–water partition coefficient (Wildman–Crippen LogP) is 4.21. The van der Waals surface area contributed by atoms with Gasteiger partial charge in [-0.05, 0) is 55.5 Å². The summed E-state index contributed by atoms with van der Waals surface area (Å²) < 4.78 is 7.29. The van der Waals surface area contributed by atoms with Crippen molar-refractivity contribution in [2.24, 2.45) is 0 Å². The topological polar surface area (TPSA) is 64.3 Å². The number of anilines is 1. The van der Waals surface area contributed by atoms with Crippen molar-refractivity contribution >= 4 is 11.5 Å². The second kappa shape index (κ2) is 7.20. The van der Waals surface area contributed by atoms with E-state index in [2.05, 4.69) is 28.5 Å². The summed E-state index contributed by atoms with van der Waals surface area (Å²) in [6, 6.07) is 12.1. The van der Waals surface area contributed by atoms with Crippen LogP contribution in [0.15, 0.2) is 48.8 Å². The Labute approximate surface area is 169 Å². The SMILES string of the molecule is COc1ccc(-c2c(C)nn3c(NCc4cccnc4)c4c(nc23)CCC4)cc1. The summed E-state index contributed by atoms with van der Waals surface area (Å²) in [5, 5.41) is 8.48. The maximum absolute atomic E-state index is 5.31. The van der Waals surface area contributed by atoms with Crippen molar-refractivity contribution in [3.63, 3.8) is 0 Å². The minimum Gasteiger partial charge on any atom is -0.497 e.